The van der Waals surface area contributed by atoms with E-state index >= 15 is 0 Å². The molecule has 0 bridgehead atoms. The van der Waals surface area contributed by atoms with Gasteiger partial charge in [0.1, 0.15) is 0 Å². The second-order valence-electron chi connectivity index (χ2n) is 3.87. The van der Waals surface area contributed by atoms with Crippen LogP contribution in [-0.4, -0.2) is 38.9 Å². The molecule has 1 amide bonds. The van der Waals surface area contributed by atoms with Crippen LogP contribution >= 0.6 is 0 Å². The largest absolute Gasteiger partial charge is 0.481 e. The summed E-state index contributed by atoms with van der Waals surface area (Å²) < 4.78 is 0. The molecule has 0 saturated carbocycles. The second-order valence-corrected chi connectivity index (χ2v) is 3.87. The molecule has 0 radical (unpaired) electrons. The summed E-state index contributed by atoms with van der Waals surface area (Å²) in [6, 6.07) is 8.73. The van der Waals surface area contributed by atoms with Crippen molar-refractivity contribution in [3.8, 4) is 0 Å². The molecule has 7 heteroatoms. The smallest absolute Gasteiger partial charge is 0.312 e. The SMILES string of the molecule is O=C(NCC(C(=O)O)c1ccccc1)c1cn[nH]n1. The Labute approximate surface area is 108 Å². The zero-order chi connectivity index (χ0) is 13.7. The van der Waals surface area contributed by atoms with E-state index in [4.69, 9.17) is 0 Å². The van der Waals surface area contributed by atoms with Gasteiger partial charge in [0.2, 0.25) is 0 Å². The number of aliphatic carboxylic acids is 1. The van der Waals surface area contributed by atoms with Crippen molar-refractivity contribution in [2.75, 3.05) is 6.54 Å². The summed E-state index contributed by atoms with van der Waals surface area (Å²) in [6.45, 7) is -0.00889. The van der Waals surface area contributed by atoms with E-state index in [1.54, 1.807) is 30.3 Å². The zero-order valence-corrected chi connectivity index (χ0v) is 9.91. The van der Waals surface area contributed by atoms with E-state index < -0.39 is 17.8 Å². The van der Waals surface area contributed by atoms with Crippen molar-refractivity contribution in [2.45, 2.75) is 5.92 Å². The predicted molar refractivity (Wildman–Crippen MR) is 65.5 cm³/mol. The van der Waals surface area contributed by atoms with Gasteiger partial charge >= 0.3 is 5.97 Å². The lowest BCUT2D eigenvalue weighted by Gasteiger charge is -2.13. The summed E-state index contributed by atoms with van der Waals surface area (Å²) in [7, 11) is 0. The molecule has 0 aliphatic carbocycles. The van der Waals surface area contributed by atoms with Crippen molar-refractivity contribution in [3.05, 3.63) is 47.8 Å². The number of amides is 1. The van der Waals surface area contributed by atoms with Gasteiger partial charge in [-0.25, -0.2) is 0 Å². The van der Waals surface area contributed by atoms with Crippen molar-refractivity contribution >= 4 is 11.9 Å². The highest BCUT2D eigenvalue weighted by atomic mass is 16.4. The fraction of sp³-hybridized carbons (Fsp3) is 0.167. The van der Waals surface area contributed by atoms with E-state index in [0.717, 1.165) is 0 Å². The van der Waals surface area contributed by atoms with Gasteiger partial charge in [-0.3, -0.25) is 9.59 Å². The summed E-state index contributed by atoms with van der Waals surface area (Å²) in [5.41, 5.74) is 0.757. The molecule has 1 heterocycles. The molecule has 2 rings (SSSR count). The summed E-state index contributed by atoms with van der Waals surface area (Å²) in [4.78, 5) is 22.9. The molecule has 0 aliphatic heterocycles. The number of H-pyrrole nitrogens is 1. The Kier molecular flexibility index (Phi) is 3.87. The summed E-state index contributed by atoms with van der Waals surface area (Å²) in [6.07, 6.45) is 1.27. The Balaban J connectivity index is 2.03. The molecule has 0 saturated heterocycles. The van der Waals surface area contributed by atoms with Gasteiger partial charge in [-0.2, -0.15) is 15.4 Å². The van der Waals surface area contributed by atoms with Crippen LogP contribution in [0.2, 0.25) is 0 Å². The molecular weight excluding hydrogens is 248 g/mol. The molecule has 0 fully saturated rings. The third-order valence-corrected chi connectivity index (χ3v) is 2.61. The van der Waals surface area contributed by atoms with Crippen LogP contribution in [-0.2, 0) is 4.79 Å². The molecular formula is C12H12N4O3. The minimum atomic E-state index is -0.994. The first-order chi connectivity index (χ1) is 9.18. The van der Waals surface area contributed by atoms with Crippen molar-refractivity contribution in [1.29, 1.82) is 0 Å². The van der Waals surface area contributed by atoms with Gasteiger partial charge in [0.25, 0.3) is 5.91 Å². The first-order valence-corrected chi connectivity index (χ1v) is 5.60. The van der Waals surface area contributed by atoms with Crippen LogP contribution in [0.3, 0.4) is 0 Å². The molecule has 1 aromatic heterocycles. The lowest BCUT2D eigenvalue weighted by atomic mass is 9.99. The summed E-state index contributed by atoms with van der Waals surface area (Å²) in [5.74, 6) is -2.25. The standard InChI is InChI=1S/C12H12N4O3/c17-11(10-7-14-16-15-10)13-6-9(12(18)19)8-4-2-1-3-5-8/h1-5,7,9H,6H2,(H,13,17)(H,18,19)(H,14,15,16). The van der Waals surface area contributed by atoms with Crippen LogP contribution in [0.25, 0.3) is 0 Å². The average molecular weight is 260 g/mol. The summed E-state index contributed by atoms with van der Waals surface area (Å²) >= 11 is 0. The fourth-order valence-corrected chi connectivity index (χ4v) is 1.63. The number of hydrogen-bond acceptors (Lipinski definition) is 4. The van der Waals surface area contributed by atoms with E-state index in [0.29, 0.717) is 5.56 Å². The highest BCUT2D eigenvalue weighted by Crippen LogP contribution is 2.14. The van der Waals surface area contributed by atoms with Crippen LogP contribution < -0.4 is 5.32 Å². The van der Waals surface area contributed by atoms with E-state index in [1.165, 1.54) is 6.20 Å². The van der Waals surface area contributed by atoms with Gasteiger partial charge < -0.3 is 10.4 Å². The highest BCUT2D eigenvalue weighted by Gasteiger charge is 2.21. The first-order valence-electron chi connectivity index (χ1n) is 5.60. The fourth-order valence-electron chi connectivity index (χ4n) is 1.63. The average Bonchev–Trinajstić information content (AvgIpc) is 2.93. The number of carboxylic acid groups (broad SMARTS) is 1. The van der Waals surface area contributed by atoms with Gasteiger partial charge in [0, 0.05) is 6.54 Å². The van der Waals surface area contributed by atoms with E-state index in [2.05, 4.69) is 20.7 Å². The molecule has 98 valence electrons. The van der Waals surface area contributed by atoms with Gasteiger partial charge in [-0.1, -0.05) is 30.3 Å². The number of carbonyl (C=O) groups excluding carboxylic acids is 1. The van der Waals surface area contributed by atoms with Crippen LogP contribution in [0.15, 0.2) is 36.5 Å². The molecule has 7 nitrogen and oxygen atoms in total. The maximum absolute atomic E-state index is 11.6. The molecule has 1 aromatic carbocycles. The van der Waals surface area contributed by atoms with Crippen molar-refractivity contribution in [2.24, 2.45) is 0 Å². The van der Waals surface area contributed by atoms with Gasteiger partial charge in [-0.15, -0.1) is 0 Å². The number of carbonyl (C=O) groups is 2. The van der Waals surface area contributed by atoms with Crippen molar-refractivity contribution in [1.82, 2.24) is 20.7 Å². The zero-order valence-electron chi connectivity index (χ0n) is 9.91. The molecule has 1 atom stereocenters. The van der Waals surface area contributed by atoms with E-state index in [9.17, 15) is 14.7 Å². The molecule has 19 heavy (non-hydrogen) atoms. The second kappa shape index (κ2) is 5.76. The normalized spacial score (nSPS) is 11.8. The number of carboxylic acids is 1. The van der Waals surface area contributed by atoms with E-state index in [-0.39, 0.29) is 12.2 Å². The molecule has 0 aliphatic rings. The Bertz CT molecular complexity index is 554. The third kappa shape index (κ3) is 3.15. The van der Waals surface area contributed by atoms with Crippen LogP contribution in [0.4, 0.5) is 0 Å². The topological polar surface area (TPSA) is 108 Å². The van der Waals surface area contributed by atoms with Crippen molar-refractivity contribution < 1.29 is 14.7 Å². The minimum Gasteiger partial charge on any atom is -0.481 e. The Morgan fingerprint density at radius 3 is 2.63 bits per heavy atom. The number of benzene rings is 1. The molecule has 1 unspecified atom stereocenters. The van der Waals surface area contributed by atoms with Crippen LogP contribution in [0.1, 0.15) is 22.0 Å². The van der Waals surface area contributed by atoms with Crippen LogP contribution in [0.5, 0.6) is 0 Å². The quantitative estimate of drug-likeness (QED) is 0.721. The molecule has 3 N–H and O–H groups in total. The summed E-state index contributed by atoms with van der Waals surface area (Å²) in [5, 5.41) is 21.1. The Hall–Kier alpha value is -2.70. The maximum atomic E-state index is 11.6. The lowest BCUT2D eigenvalue weighted by molar-refractivity contribution is -0.138. The number of aromatic amines is 1. The monoisotopic (exact) mass is 260 g/mol. The van der Waals surface area contributed by atoms with Gasteiger partial charge in [-0.05, 0) is 5.56 Å². The number of nitrogens with one attached hydrogen (secondary N) is 2. The number of hydrogen-bond donors (Lipinski definition) is 3. The molecule has 2 aromatic rings. The Morgan fingerprint density at radius 1 is 1.32 bits per heavy atom. The van der Waals surface area contributed by atoms with Crippen LogP contribution in [0, 0.1) is 0 Å². The third-order valence-electron chi connectivity index (χ3n) is 2.61. The van der Waals surface area contributed by atoms with Gasteiger partial charge in [0.15, 0.2) is 5.69 Å². The maximum Gasteiger partial charge on any atom is 0.312 e. The minimum absolute atomic E-state index is 0.00889. The van der Waals surface area contributed by atoms with Crippen molar-refractivity contribution in [3.63, 3.8) is 0 Å². The lowest BCUT2D eigenvalue weighted by Crippen LogP contribution is -2.31. The van der Waals surface area contributed by atoms with E-state index in [1.807, 2.05) is 0 Å². The first kappa shape index (κ1) is 12.7. The highest BCUT2D eigenvalue weighted by molar-refractivity contribution is 5.92. The predicted octanol–water partition coefficient (Wildman–Crippen LogP) is 0.403. The number of rotatable bonds is 5. The molecule has 0 spiro atoms. The van der Waals surface area contributed by atoms with Gasteiger partial charge in [0.05, 0.1) is 12.1 Å². The number of nitrogens with zero attached hydrogens (tertiary/aromatic N) is 2. The number of aromatic nitrogens is 3. The Morgan fingerprint density at radius 2 is 2.05 bits per heavy atom.